The molecule has 3 aromatic rings. The Labute approximate surface area is 197 Å². The van der Waals surface area contributed by atoms with Gasteiger partial charge in [0.15, 0.2) is 0 Å². The molecule has 0 radical (unpaired) electrons. The molecule has 2 aromatic carbocycles. The second kappa shape index (κ2) is 11.1. The van der Waals surface area contributed by atoms with Gasteiger partial charge < -0.3 is 5.32 Å². The van der Waals surface area contributed by atoms with E-state index in [-0.39, 0.29) is 5.91 Å². The molecule has 1 amide bonds. The Bertz CT molecular complexity index is 1060. The number of nitrogens with zero attached hydrogens (tertiary/aromatic N) is 3. The topological polar surface area (TPSA) is 50.2 Å². The van der Waals surface area contributed by atoms with Gasteiger partial charge in [-0.15, -0.1) is 0 Å². The first-order valence-corrected chi connectivity index (χ1v) is 11.9. The van der Waals surface area contributed by atoms with Crippen LogP contribution in [0.15, 0.2) is 72.4 Å². The van der Waals surface area contributed by atoms with Crippen molar-refractivity contribution in [1.29, 1.82) is 0 Å². The van der Waals surface area contributed by atoms with Gasteiger partial charge in [-0.1, -0.05) is 72.3 Å². The van der Waals surface area contributed by atoms with Gasteiger partial charge in [0.1, 0.15) is 0 Å². The highest BCUT2D eigenvalue weighted by Gasteiger charge is 2.23. The monoisotopic (exact) mass is 442 g/mol. The third kappa shape index (κ3) is 6.65. The summed E-state index contributed by atoms with van der Waals surface area (Å²) in [5, 5.41) is 7.68. The standard InChI is InChI=1S/C28H34N4O/c1-22(17-23-9-5-3-6-10-23)20-32-15-13-24(14-16-32)18-27-26(21-31(2)30-27)28(33)29-19-25-11-7-4-8-12-25/h3-12,17,21,24H,13-16,18-20H2,1-2H3,(H,29,33). The van der Waals surface area contributed by atoms with Crippen molar-refractivity contribution in [3.8, 4) is 0 Å². The Balaban J connectivity index is 1.29. The Morgan fingerprint density at radius 3 is 2.42 bits per heavy atom. The lowest BCUT2D eigenvalue weighted by Gasteiger charge is -2.32. The number of rotatable bonds is 8. The van der Waals surface area contributed by atoms with Gasteiger partial charge in [0, 0.05) is 26.3 Å². The molecule has 0 aliphatic carbocycles. The van der Waals surface area contributed by atoms with Crippen LogP contribution in [0.25, 0.3) is 6.08 Å². The van der Waals surface area contributed by atoms with Gasteiger partial charge in [0.05, 0.1) is 11.3 Å². The number of hydrogen-bond acceptors (Lipinski definition) is 3. The van der Waals surface area contributed by atoms with Gasteiger partial charge in [0.25, 0.3) is 5.91 Å². The molecule has 2 heterocycles. The third-order valence-corrected chi connectivity index (χ3v) is 6.32. The highest BCUT2D eigenvalue weighted by atomic mass is 16.1. The minimum Gasteiger partial charge on any atom is -0.348 e. The van der Waals surface area contributed by atoms with Gasteiger partial charge in [-0.05, 0) is 56.3 Å². The van der Waals surface area contributed by atoms with Gasteiger partial charge in [-0.2, -0.15) is 5.10 Å². The van der Waals surface area contributed by atoms with Gasteiger partial charge >= 0.3 is 0 Å². The molecule has 0 atom stereocenters. The molecule has 5 nitrogen and oxygen atoms in total. The van der Waals surface area contributed by atoms with Crippen LogP contribution >= 0.6 is 0 Å². The van der Waals surface area contributed by atoms with E-state index in [4.69, 9.17) is 0 Å². The summed E-state index contributed by atoms with van der Waals surface area (Å²) in [5.74, 6) is 0.524. The van der Waals surface area contributed by atoms with Gasteiger partial charge in [-0.25, -0.2) is 0 Å². The molecule has 1 aliphatic rings. The van der Waals surface area contributed by atoms with E-state index >= 15 is 0 Å². The maximum atomic E-state index is 12.8. The molecule has 0 bridgehead atoms. The molecule has 0 saturated carbocycles. The minimum absolute atomic E-state index is 0.0407. The fourth-order valence-corrected chi connectivity index (χ4v) is 4.60. The number of carbonyl (C=O) groups is 1. The van der Waals surface area contributed by atoms with E-state index in [9.17, 15) is 4.79 Å². The predicted molar refractivity (Wildman–Crippen MR) is 134 cm³/mol. The molecule has 5 heteroatoms. The lowest BCUT2D eigenvalue weighted by Crippen LogP contribution is -2.35. The number of aromatic nitrogens is 2. The highest BCUT2D eigenvalue weighted by molar-refractivity contribution is 5.95. The maximum absolute atomic E-state index is 12.8. The Morgan fingerprint density at radius 2 is 1.73 bits per heavy atom. The molecule has 1 N–H and O–H groups in total. The zero-order valence-corrected chi connectivity index (χ0v) is 19.7. The first kappa shape index (κ1) is 23.0. The summed E-state index contributed by atoms with van der Waals surface area (Å²) in [4.78, 5) is 15.4. The molecule has 1 fully saturated rings. The average Bonchev–Trinajstić information content (AvgIpc) is 3.20. The molecule has 0 unspecified atom stereocenters. The van der Waals surface area contributed by atoms with Crippen LogP contribution in [0.4, 0.5) is 0 Å². The molecule has 1 aliphatic heterocycles. The third-order valence-electron chi connectivity index (χ3n) is 6.32. The largest absolute Gasteiger partial charge is 0.348 e. The zero-order chi connectivity index (χ0) is 23.0. The van der Waals surface area contributed by atoms with Crippen molar-refractivity contribution in [1.82, 2.24) is 20.0 Å². The zero-order valence-electron chi connectivity index (χ0n) is 19.7. The van der Waals surface area contributed by atoms with E-state index < -0.39 is 0 Å². The average molecular weight is 443 g/mol. The van der Waals surface area contributed by atoms with Crippen LogP contribution in [0.5, 0.6) is 0 Å². The molecule has 1 aromatic heterocycles. The normalized spacial score (nSPS) is 15.5. The fraction of sp³-hybridized carbons (Fsp3) is 0.357. The number of aryl methyl sites for hydroxylation is 1. The van der Waals surface area contributed by atoms with Crippen LogP contribution in [0.1, 0.15) is 46.9 Å². The number of benzene rings is 2. The lowest BCUT2D eigenvalue weighted by molar-refractivity contribution is 0.0949. The number of amides is 1. The number of nitrogens with one attached hydrogen (secondary N) is 1. The van der Waals surface area contributed by atoms with Crippen LogP contribution in [-0.4, -0.2) is 40.2 Å². The van der Waals surface area contributed by atoms with E-state index in [0.717, 1.165) is 50.2 Å². The van der Waals surface area contributed by atoms with Crippen molar-refractivity contribution in [2.45, 2.75) is 32.7 Å². The number of likely N-dealkylation sites (tertiary alicyclic amines) is 1. The Morgan fingerprint density at radius 1 is 1.06 bits per heavy atom. The summed E-state index contributed by atoms with van der Waals surface area (Å²) in [6, 6.07) is 20.5. The van der Waals surface area contributed by atoms with Crippen molar-refractivity contribution < 1.29 is 4.79 Å². The van der Waals surface area contributed by atoms with Crippen LogP contribution in [0.3, 0.4) is 0 Å². The molecule has 1 saturated heterocycles. The highest BCUT2D eigenvalue weighted by Crippen LogP contribution is 2.23. The summed E-state index contributed by atoms with van der Waals surface area (Å²) < 4.78 is 1.76. The molecular weight excluding hydrogens is 408 g/mol. The van der Waals surface area contributed by atoms with Crippen LogP contribution in [0.2, 0.25) is 0 Å². The van der Waals surface area contributed by atoms with E-state index in [1.165, 1.54) is 11.1 Å². The van der Waals surface area contributed by atoms with Crippen LogP contribution in [0, 0.1) is 5.92 Å². The van der Waals surface area contributed by atoms with E-state index in [2.05, 4.69) is 58.6 Å². The van der Waals surface area contributed by atoms with Crippen LogP contribution in [-0.2, 0) is 20.0 Å². The molecule has 33 heavy (non-hydrogen) atoms. The molecule has 0 spiro atoms. The quantitative estimate of drug-likeness (QED) is 0.550. The SMILES string of the molecule is CC(=Cc1ccccc1)CN1CCC(Cc2nn(C)cc2C(=O)NCc2ccccc2)CC1. The number of carbonyl (C=O) groups excluding carboxylic acids is 1. The summed E-state index contributed by atoms with van der Waals surface area (Å²) in [5.41, 5.74) is 5.37. The van der Waals surface area contributed by atoms with Gasteiger partial charge in [-0.3, -0.25) is 14.4 Å². The minimum atomic E-state index is -0.0407. The second-order valence-corrected chi connectivity index (χ2v) is 9.16. The predicted octanol–water partition coefficient (Wildman–Crippen LogP) is 4.71. The summed E-state index contributed by atoms with van der Waals surface area (Å²) >= 11 is 0. The lowest BCUT2D eigenvalue weighted by atomic mass is 9.91. The first-order valence-electron chi connectivity index (χ1n) is 11.9. The number of piperidine rings is 1. The first-order chi connectivity index (χ1) is 16.1. The molecule has 172 valence electrons. The smallest absolute Gasteiger partial charge is 0.255 e. The Kier molecular flexibility index (Phi) is 7.74. The summed E-state index contributed by atoms with van der Waals surface area (Å²) in [7, 11) is 1.89. The van der Waals surface area contributed by atoms with Crippen LogP contribution < -0.4 is 5.32 Å². The molecule has 4 rings (SSSR count). The molecular formula is C28H34N4O. The van der Waals surface area contributed by atoms with Crippen molar-refractivity contribution in [2.75, 3.05) is 19.6 Å². The van der Waals surface area contributed by atoms with Crippen molar-refractivity contribution in [3.63, 3.8) is 0 Å². The fourth-order valence-electron chi connectivity index (χ4n) is 4.60. The second-order valence-electron chi connectivity index (χ2n) is 9.16. The van der Waals surface area contributed by atoms with E-state index in [1.807, 2.05) is 43.6 Å². The Hall–Kier alpha value is -3.18. The van der Waals surface area contributed by atoms with Crippen molar-refractivity contribution >= 4 is 12.0 Å². The summed E-state index contributed by atoms with van der Waals surface area (Å²) in [6.07, 6.45) is 7.27. The summed E-state index contributed by atoms with van der Waals surface area (Å²) in [6.45, 7) is 5.94. The number of hydrogen-bond donors (Lipinski definition) is 1. The van der Waals surface area contributed by atoms with E-state index in [0.29, 0.717) is 18.0 Å². The van der Waals surface area contributed by atoms with Crippen molar-refractivity contribution in [3.05, 3.63) is 94.8 Å². The van der Waals surface area contributed by atoms with E-state index in [1.54, 1.807) is 4.68 Å². The van der Waals surface area contributed by atoms with Crippen molar-refractivity contribution in [2.24, 2.45) is 13.0 Å². The maximum Gasteiger partial charge on any atom is 0.255 e. The van der Waals surface area contributed by atoms with Gasteiger partial charge in [0.2, 0.25) is 0 Å².